The van der Waals surface area contributed by atoms with E-state index >= 15 is 0 Å². The number of H-pyrrole nitrogens is 1. The van der Waals surface area contributed by atoms with Gasteiger partial charge in [-0.2, -0.15) is 15.3 Å². The first kappa shape index (κ1) is 23.5. The maximum Gasteiger partial charge on any atom is 0.197 e. The molecule has 0 bridgehead atoms. The van der Waals surface area contributed by atoms with Crippen molar-refractivity contribution in [2.75, 3.05) is 0 Å². The van der Waals surface area contributed by atoms with E-state index in [2.05, 4.69) is 46.9 Å². The van der Waals surface area contributed by atoms with Gasteiger partial charge in [0.2, 0.25) is 0 Å². The third kappa shape index (κ3) is 7.80. The van der Waals surface area contributed by atoms with E-state index in [0.29, 0.717) is 45.4 Å². The van der Waals surface area contributed by atoms with Crippen LogP contribution in [0.15, 0.2) is 10.2 Å². The first-order chi connectivity index (χ1) is 15.0. The average Bonchev–Trinajstić information content (AvgIpc) is 3.28. The van der Waals surface area contributed by atoms with Crippen LogP contribution in [0.3, 0.4) is 0 Å². The molecule has 0 amide bonds. The van der Waals surface area contributed by atoms with Gasteiger partial charge >= 0.3 is 0 Å². The van der Waals surface area contributed by atoms with Crippen LogP contribution in [0, 0.1) is 0 Å². The van der Waals surface area contributed by atoms with Crippen molar-refractivity contribution >= 4 is 46.1 Å². The Labute approximate surface area is 194 Å². The summed E-state index contributed by atoms with van der Waals surface area (Å²) in [5, 5.41) is 23.5. The van der Waals surface area contributed by atoms with Crippen molar-refractivity contribution in [3.8, 4) is 0 Å². The molecular formula is C20H33N9S2. The second-order valence-electron chi connectivity index (χ2n) is 8.24. The molecule has 0 radical (unpaired) electrons. The summed E-state index contributed by atoms with van der Waals surface area (Å²) >= 11 is 10.7. The van der Waals surface area contributed by atoms with Crippen molar-refractivity contribution in [1.82, 2.24) is 36.7 Å². The maximum atomic E-state index is 5.35. The van der Waals surface area contributed by atoms with Crippen molar-refractivity contribution in [1.29, 1.82) is 0 Å². The summed E-state index contributed by atoms with van der Waals surface area (Å²) in [6, 6.07) is 0.871. The molecule has 31 heavy (non-hydrogen) atoms. The van der Waals surface area contributed by atoms with E-state index in [4.69, 9.17) is 24.4 Å². The molecule has 2 aliphatic carbocycles. The Morgan fingerprint density at radius 1 is 0.806 bits per heavy atom. The van der Waals surface area contributed by atoms with Crippen LogP contribution in [-0.2, 0) is 0 Å². The molecule has 170 valence electrons. The van der Waals surface area contributed by atoms with Crippen molar-refractivity contribution < 1.29 is 0 Å². The fourth-order valence-electron chi connectivity index (χ4n) is 3.89. The largest absolute Gasteiger partial charge is 0.359 e. The van der Waals surface area contributed by atoms with Crippen molar-refractivity contribution in [2.24, 2.45) is 10.2 Å². The van der Waals surface area contributed by atoms with Gasteiger partial charge in [-0.3, -0.25) is 16.0 Å². The molecule has 11 heteroatoms. The van der Waals surface area contributed by atoms with Crippen LogP contribution in [0.5, 0.6) is 0 Å². The van der Waals surface area contributed by atoms with Crippen molar-refractivity contribution in [3.05, 3.63) is 11.6 Å². The fraction of sp³-hybridized carbons (Fsp3) is 0.700. The molecule has 1 aromatic rings. The lowest BCUT2D eigenvalue weighted by molar-refractivity contribution is 0.412. The quantitative estimate of drug-likeness (QED) is 0.249. The normalized spacial score (nSPS) is 19.0. The highest BCUT2D eigenvalue weighted by molar-refractivity contribution is 7.80. The number of aromatic nitrogens is 3. The molecular weight excluding hydrogens is 430 g/mol. The molecule has 0 atom stereocenters. The molecule has 2 aliphatic rings. The van der Waals surface area contributed by atoms with Gasteiger partial charge in [0.05, 0.1) is 0 Å². The number of aromatic amines is 1. The summed E-state index contributed by atoms with van der Waals surface area (Å²) in [5.74, 6) is 1.04. The Hall–Kier alpha value is -2.14. The van der Waals surface area contributed by atoms with Gasteiger partial charge in [-0.1, -0.05) is 38.5 Å². The van der Waals surface area contributed by atoms with E-state index < -0.39 is 0 Å². The minimum absolute atomic E-state index is 0.435. The summed E-state index contributed by atoms with van der Waals surface area (Å²) in [7, 11) is 0. The number of rotatable bonds is 6. The van der Waals surface area contributed by atoms with Crippen molar-refractivity contribution in [3.63, 3.8) is 0 Å². The minimum Gasteiger partial charge on any atom is -0.359 e. The standard InChI is InChI=1S/C20H33N9S2/c1-13(24-28-19(30)21-15-9-5-3-6-10-15)17-23-18(27-26-17)14(2)25-29-20(31)22-16-11-7-4-8-12-16/h15-16H,3-12H2,1-2H3,(H2,21,28,30)(H2,22,29,31)(H,23,26,27)/b24-13+,25-14+. The average molecular weight is 464 g/mol. The van der Waals surface area contributed by atoms with E-state index in [-0.39, 0.29) is 0 Å². The van der Waals surface area contributed by atoms with E-state index in [9.17, 15) is 0 Å². The Balaban J connectivity index is 1.47. The number of hydrogen-bond acceptors (Lipinski definition) is 6. The summed E-state index contributed by atoms with van der Waals surface area (Å²) in [4.78, 5) is 4.46. The third-order valence-electron chi connectivity index (χ3n) is 5.68. The molecule has 0 saturated heterocycles. The molecule has 2 fully saturated rings. The Kier molecular flexibility index (Phi) is 9.13. The zero-order chi connectivity index (χ0) is 22.1. The van der Waals surface area contributed by atoms with Crippen LogP contribution in [-0.4, -0.2) is 48.9 Å². The summed E-state index contributed by atoms with van der Waals surface area (Å²) in [6.07, 6.45) is 12.2. The van der Waals surface area contributed by atoms with Crippen LogP contribution in [0.2, 0.25) is 0 Å². The molecule has 1 heterocycles. The zero-order valence-electron chi connectivity index (χ0n) is 18.3. The Morgan fingerprint density at radius 2 is 1.29 bits per heavy atom. The second-order valence-corrected chi connectivity index (χ2v) is 9.06. The predicted octanol–water partition coefficient (Wildman–Crippen LogP) is 2.85. The van der Waals surface area contributed by atoms with Gasteiger partial charge in [-0.15, -0.1) is 0 Å². The highest BCUT2D eigenvalue weighted by Gasteiger charge is 2.15. The Bertz CT molecular complexity index is 741. The highest BCUT2D eigenvalue weighted by atomic mass is 32.1. The molecule has 5 N–H and O–H groups in total. The van der Waals surface area contributed by atoms with Gasteiger partial charge in [0.25, 0.3) is 0 Å². The zero-order valence-corrected chi connectivity index (χ0v) is 20.0. The Morgan fingerprint density at radius 3 is 1.81 bits per heavy atom. The molecule has 0 aromatic carbocycles. The van der Waals surface area contributed by atoms with E-state index in [1.54, 1.807) is 0 Å². The van der Waals surface area contributed by atoms with Crippen LogP contribution in [0.1, 0.15) is 89.7 Å². The van der Waals surface area contributed by atoms with Gasteiger partial charge in [0, 0.05) is 12.1 Å². The molecule has 0 aliphatic heterocycles. The molecule has 0 spiro atoms. The van der Waals surface area contributed by atoms with Gasteiger partial charge in [0.15, 0.2) is 21.9 Å². The first-order valence-electron chi connectivity index (χ1n) is 11.2. The minimum atomic E-state index is 0.435. The van der Waals surface area contributed by atoms with Gasteiger partial charge < -0.3 is 10.6 Å². The fourth-order valence-corrected chi connectivity index (χ4v) is 4.31. The summed E-state index contributed by atoms with van der Waals surface area (Å²) in [5.41, 5.74) is 7.07. The first-order valence-corrected chi connectivity index (χ1v) is 12.0. The number of nitrogens with zero attached hydrogens (tertiary/aromatic N) is 4. The van der Waals surface area contributed by atoms with Crippen molar-refractivity contribution in [2.45, 2.75) is 90.1 Å². The predicted molar refractivity (Wildman–Crippen MR) is 132 cm³/mol. The van der Waals surface area contributed by atoms with Gasteiger partial charge in [-0.05, 0) is 64.0 Å². The van der Waals surface area contributed by atoms with Gasteiger partial charge in [0.1, 0.15) is 11.4 Å². The van der Waals surface area contributed by atoms with E-state index in [1.807, 2.05) is 13.8 Å². The summed E-state index contributed by atoms with van der Waals surface area (Å²) < 4.78 is 0. The smallest absolute Gasteiger partial charge is 0.197 e. The topological polar surface area (TPSA) is 114 Å². The lowest BCUT2D eigenvalue weighted by Crippen LogP contribution is -2.41. The lowest BCUT2D eigenvalue weighted by atomic mass is 9.96. The number of nitrogens with one attached hydrogen (secondary N) is 5. The molecule has 9 nitrogen and oxygen atoms in total. The van der Waals surface area contributed by atoms with E-state index in [0.717, 1.165) is 25.7 Å². The van der Waals surface area contributed by atoms with Crippen LogP contribution >= 0.6 is 24.4 Å². The molecule has 0 unspecified atom stereocenters. The molecule has 2 saturated carbocycles. The molecule has 1 aromatic heterocycles. The number of thiocarbonyl (C=S) groups is 2. The van der Waals surface area contributed by atoms with Crippen LogP contribution in [0.4, 0.5) is 0 Å². The number of hydrazone groups is 2. The maximum absolute atomic E-state index is 5.35. The third-order valence-corrected chi connectivity index (χ3v) is 6.10. The highest BCUT2D eigenvalue weighted by Crippen LogP contribution is 2.17. The van der Waals surface area contributed by atoms with E-state index in [1.165, 1.54) is 38.5 Å². The lowest BCUT2D eigenvalue weighted by Gasteiger charge is -2.23. The SMILES string of the molecule is C/C(=N\NC(=S)NC1CCCCC1)c1n[nH]c(/C(C)=N/NC(=S)NC2CCCCC2)n1. The van der Waals surface area contributed by atoms with Crippen LogP contribution < -0.4 is 21.5 Å². The monoisotopic (exact) mass is 463 g/mol. The van der Waals surface area contributed by atoms with Crippen LogP contribution in [0.25, 0.3) is 0 Å². The summed E-state index contributed by atoms with van der Waals surface area (Å²) in [6.45, 7) is 3.67. The van der Waals surface area contributed by atoms with Gasteiger partial charge in [-0.25, -0.2) is 4.98 Å². The number of hydrogen-bond donors (Lipinski definition) is 5. The second kappa shape index (κ2) is 12.0. The molecule has 3 rings (SSSR count).